The summed E-state index contributed by atoms with van der Waals surface area (Å²) in [6, 6.07) is 39.9. The van der Waals surface area contributed by atoms with Crippen LogP contribution in [0.5, 0.6) is 0 Å². The van der Waals surface area contributed by atoms with Gasteiger partial charge >= 0.3 is 0 Å². The number of hydrogen-bond donors (Lipinski definition) is 0. The molecule has 0 bridgehead atoms. The first-order valence-corrected chi connectivity index (χ1v) is 41.7. The molecule has 666 valence electrons. The van der Waals surface area contributed by atoms with Gasteiger partial charge in [0.25, 0.3) is 0 Å². The Morgan fingerprint density at radius 1 is 0.248 bits per heavy atom. The molecule has 12 heterocycles. The zero-order valence-corrected chi connectivity index (χ0v) is 70.6. The number of benzene rings is 6. The lowest BCUT2D eigenvalue weighted by molar-refractivity contribution is -0.129. The first-order chi connectivity index (χ1) is 62.0. The fraction of sp³-hybridized carbons (Fsp3) is 0.273. The van der Waals surface area contributed by atoms with Gasteiger partial charge < -0.3 is 29.4 Å². The van der Waals surface area contributed by atoms with Crippen LogP contribution in [0.3, 0.4) is 0 Å². The lowest BCUT2D eigenvalue weighted by Gasteiger charge is -2.18. The van der Waals surface area contributed by atoms with Gasteiger partial charge in [0.1, 0.15) is 29.1 Å². The quantitative estimate of drug-likeness (QED) is 0.0582. The van der Waals surface area contributed by atoms with Crippen molar-refractivity contribution in [2.45, 2.75) is 134 Å². The third-order valence-electron chi connectivity index (χ3n) is 23.5. The molecule has 18 rings (SSSR count). The third kappa shape index (κ3) is 25.1. The number of rotatable bonds is 18. The lowest BCUT2D eigenvalue weighted by atomic mass is 9.98. The van der Waals surface area contributed by atoms with Crippen molar-refractivity contribution in [1.29, 1.82) is 0 Å². The number of hydrogen-bond acceptors (Lipinski definition) is 12. The number of aromatic nitrogens is 6. The largest absolute Gasteiger partial charge is 0.338 e. The summed E-state index contributed by atoms with van der Waals surface area (Å²) in [5.74, 6) is -10.7. The molecule has 6 unspecified atom stereocenters. The first-order valence-electron chi connectivity index (χ1n) is 41.7. The Morgan fingerprint density at radius 3 is 0.783 bits per heavy atom. The van der Waals surface area contributed by atoms with Gasteiger partial charge in [0, 0.05) is 239 Å². The van der Waals surface area contributed by atoms with E-state index in [4.69, 9.17) is 0 Å². The second-order valence-electron chi connectivity index (χ2n) is 32.6. The fourth-order valence-corrected chi connectivity index (χ4v) is 16.3. The van der Waals surface area contributed by atoms with E-state index in [1.54, 1.807) is 123 Å². The SMILES string of the molecule is Cc1ccncc1CN1CC(c2cc(F)c(F)c(F)c2)CC1=O.Cc1ccncc1CN1CC(c2cc(F)cc(F)c2)CC1=O.Cc1ccncc1CN1CC(c2ccc(F)c(F)c2)CC1=O.O=C1CC(c2cc(F)cc(F)c2)CN1Cc1cccnc1.O=C1CC(c2ccc(F)c(F)c2)CN1Cc1cccnc1.O=C1CC(c2ccc(F)cc2)CN1Cc1cccnc1. The van der Waals surface area contributed by atoms with Crippen LogP contribution in [0.4, 0.5) is 52.7 Å². The van der Waals surface area contributed by atoms with Crippen LogP contribution in [-0.4, -0.2) is 134 Å². The van der Waals surface area contributed by atoms with Crippen LogP contribution in [0.15, 0.2) is 238 Å². The summed E-state index contributed by atoms with van der Waals surface area (Å²) >= 11 is 0. The van der Waals surface area contributed by atoms with Crippen LogP contribution < -0.4 is 0 Å². The van der Waals surface area contributed by atoms with Crippen molar-refractivity contribution in [3.63, 3.8) is 0 Å². The summed E-state index contributed by atoms with van der Waals surface area (Å²) in [5, 5.41) is 0. The van der Waals surface area contributed by atoms with Crippen molar-refractivity contribution in [2.75, 3.05) is 39.3 Å². The number of carbonyl (C=O) groups is 6. The highest BCUT2D eigenvalue weighted by Gasteiger charge is 2.38. The molecule has 0 saturated carbocycles. The van der Waals surface area contributed by atoms with Crippen LogP contribution in [-0.2, 0) is 68.0 Å². The maximum atomic E-state index is 13.4. The molecule has 6 fully saturated rings. The second kappa shape index (κ2) is 43.1. The highest BCUT2D eigenvalue weighted by Crippen LogP contribution is 2.37. The van der Waals surface area contributed by atoms with Crippen molar-refractivity contribution in [3.05, 3.63) is 391 Å². The molecule has 6 aliphatic heterocycles. The second-order valence-corrected chi connectivity index (χ2v) is 32.6. The minimum absolute atomic E-state index is 0.00192. The Balaban J connectivity index is 0.000000132. The number of halogens is 12. The van der Waals surface area contributed by atoms with Gasteiger partial charge in [-0.1, -0.05) is 42.5 Å². The van der Waals surface area contributed by atoms with E-state index in [2.05, 4.69) is 29.9 Å². The number of carbonyl (C=O) groups excluding carboxylic acids is 6. The number of amides is 6. The standard InChI is InChI=1S/C17H15F3N2O.2C17H16F2N2O.2C16H14F2N2O.C16H15FN2O/c1-10-2-3-21-7-13(10)9-22-8-12(6-16(22)23)11-4-14(18)17(20)15(19)5-11;1-11-2-3-20-8-14(11)10-21-9-13(6-17(21)22)12-4-15(18)7-16(19)5-12;1-11-4-5-20-8-14(11)10-21-9-13(7-17(21)22)12-2-3-15(18)16(19)6-12;17-14-4-3-12(6-15(14)18)13-7-16(21)20(10-13)9-11-2-1-5-19-8-11;17-14-4-12(5-15(18)7-14)13-6-16(21)20(10-13)9-11-2-1-3-19-8-11;17-15-5-3-13(4-6-15)14-8-16(20)19(11-14)10-12-2-1-7-18-9-12/h2-5,7,12H,6,8-9H2,1H3;2-5,7-8,13H,6,9-10H2,1H3;2-6,8,13H,7,9-10H2,1H3;1-6,8,13H,7,9-10H2;1-5,7-8,13H,6,9-10H2;1-7,9,14H,8,10-11H2. The van der Waals surface area contributed by atoms with Crippen LogP contribution in [0.25, 0.3) is 0 Å². The number of nitrogens with zero attached hydrogens (tertiary/aromatic N) is 12. The van der Waals surface area contributed by atoms with Gasteiger partial charge in [-0.2, -0.15) is 0 Å². The molecule has 12 aromatic rings. The number of pyridine rings is 6. The van der Waals surface area contributed by atoms with Gasteiger partial charge in [0.15, 0.2) is 40.7 Å². The minimum atomic E-state index is -1.49. The van der Waals surface area contributed by atoms with E-state index in [0.717, 1.165) is 92.0 Å². The number of likely N-dealkylation sites (tertiary alicyclic amines) is 6. The molecule has 0 aliphatic carbocycles. The van der Waals surface area contributed by atoms with E-state index in [0.29, 0.717) is 126 Å². The molecule has 0 spiro atoms. The highest BCUT2D eigenvalue weighted by atomic mass is 19.2. The maximum Gasteiger partial charge on any atom is 0.223 e. The molecule has 6 aromatic heterocycles. The third-order valence-corrected chi connectivity index (χ3v) is 23.5. The van der Waals surface area contributed by atoms with Crippen molar-refractivity contribution < 1.29 is 81.5 Å². The summed E-state index contributed by atoms with van der Waals surface area (Å²) < 4.78 is 159. The molecular formula is C99H90F12N12O6. The molecule has 6 amide bonds. The normalized spacial score (nSPS) is 18.2. The zero-order valence-electron chi connectivity index (χ0n) is 70.6. The van der Waals surface area contributed by atoms with E-state index < -0.39 is 64.0 Å². The average molecular weight is 1770 g/mol. The van der Waals surface area contributed by atoms with Crippen molar-refractivity contribution in [1.82, 2.24) is 59.3 Å². The molecule has 30 heteroatoms. The molecule has 6 aliphatic rings. The summed E-state index contributed by atoms with van der Waals surface area (Å²) in [7, 11) is 0. The van der Waals surface area contributed by atoms with E-state index >= 15 is 0 Å². The van der Waals surface area contributed by atoms with Gasteiger partial charge in [-0.15, -0.1) is 0 Å². The summed E-state index contributed by atoms with van der Waals surface area (Å²) in [6.07, 6.45) is 22.5. The maximum absolute atomic E-state index is 13.4. The van der Waals surface area contributed by atoms with Crippen molar-refractivity contribution in [3.8, 4) is 0 Å². The lowest BCUT2D eigenvalue weighted by Crippen LogP contribution is -2.25. The van der Waals surface area contributed by atoms with Gasteiger partial charge in [0.2, 0.25) is 35.4 Å². The Hall–Kier alpha value is -13.8. The van der Waals surface area contributed by atoms with Gasteiger partial charge in [-0.3, -0.25) is 58.7 Å². The van der Waals surface area contributed by atoms with E-state index in [9.17, 15) is 81.5 Å². The smallest absolute Gasteiger partial charge is 0.223 e. The van der Waals surface area contributed by atoms with E-state index in [-0.39, 0.29) is 96.0 Å². The average Bonchev–Trinajstić information content (AvgIpc) is 1.73. The monoisotopic (exact) mass is 1770 g/mol. The Kier molecular flexibility index (Phi) is 31.0. The predicted octanol–water partition coefficient (Wildman–Crippen LogP) is 18.2. The summed E-state index contributed by atoms with van der Waals surface area (Å²) in [4.78, 5) is 107. The Bertz CT molecular complexity index is 5910. The topological polar surface area (TPSA) is 199 Å². The Morgan fingerprint density at radius 2 is 0.504 bits per heavy atom. The Labute approximate surface area is 737 Å². The predicted molar refractivity (Wildman–Crippen MR) is 454 cm³/mol. The molecule has 0 radical (unpaired) electrons. The molecule has 6 atom stereocenters. The van der Waals surface area contributed by atoms with E-state index in [1.165, 1.54) is 48.5 Å². The van der Waals surface area contributed by atoms with Gasteiger partial charge in [-0.05, 0) is 213 Å². The highest BCUT2D eigenvalue weighted by molar-refractivity contribution is 5.83. The molecule has 18 nitrogen and oxygen atoms in total. The van der Waals surface area contributed by atoms with Gasteiger partial charge in [-0.25, -0.2) is 52.7 Å². The van der Waals surface area contributed by atoms with Crippen LogP contribution in [0, 0.1) is 90.6 Å². The molecule has 129 heavy (non-hydrogen) atoms. The van der Waals surface area contributed by atoms with Crippen molar-refractivity contribution in [2.24, 2.45) is 0 Å². The summed E-state index contributed by atoms with van der Waals surface area (Å²) in [6.45, 7) is 11.8. The fourth-order valence-electron chi connectivity index (χ4n) is 16.3. The molecule has 6 aromatic carbocycles. The molecule has 6 saturated heterocycles. The van der Waals surface area contributed by atoms with E-state index in [1.807, 2.05) is 80.3 Å². The number of aryl methyl sites for hydroxylation is 3. The van der Waals surface area contributed by atoms with Crippen LogP contribution >= 0.6 is 0 Å². The van der Waals surface area contributed by atoms with Crippen LogP contribution in [0.2, 0.25) is 0 Å². The zero-order chi connectivity index (χ0) is 91.5. The van der Waals surface area contributed by atoms with Gasteiger partial charge in [0.05, 0.1) is 0 Å². The van der Waals surface area contributed by atoms with Crippen LogP contribution in [0.1, 0.15) is 157 Å². The van der Waals surface area contributed by atoms with Crippen molar-refractivity contribution >= 4 is 35.4 Å². The molecular weight excluding hydrogens is 1680 g/mol. The summed E-state index contributed by atoms with van der Waals surface area (Å²) in [5.41, 5.74) is 12.8. The molecule has 0 N–H and O–H groups in total. The minimum Gasteiger partial charge on any atom is -0.338 e. The first kappa shape index (κ1) is 92.9.